The van der Waals surface area contributed by atoms with Crippen molar-refractivity contribution < 1.29 is 13.2 Å². The predicted molar refractivity (Wildman–Crippen MR) is 85.3 cm³/mol. The summed E-state index contributed by atoms with van der Waals surface area (Å²) in [5.41, 5.74) is 6.80. The first kappa shape index (κ1) is 15.7. The quantitative estimate of drug-likeness (QED) is 0.829. The zero-order valence-corrected chi connectivity index (χ0v) is 12.9. The van der Waals surface area contributed by atoms with Gasteiger partial charge >= 0.3 is 0 Å². The van der Waals surface area contributed by atoms with Crippen LogP contribution in [0, 0.1) is 0 Å². The normalized spacial score (nSPS) is 11.3. The van der Waals surface area contributed by atoms with Crippen molar-refractivity contribution in [2.75, 3.05) is 18.1 Å². The number of ether oxygens (including phenoxy) is 1. The van der Waals surface area contributed by atoms with Gasteiger partial charge in [0.15, 0.2) is 9.84 Å². The summed E-state index contributed by atoms with van der Waals surface area (Å²) in [6.45, 7) is 0.0565. The number of halogens is 1. The van der Waals surface area contributed by atoms with Crippen molar-refractivity contribution in [3.05, 3.63) is 59.1 Å². The molecule has 0 bridgehead atoms. The molecule has 112 valence electrons. The highest BCUT2D eigenvalue weighted by atomic mass is 35.5. The van der Waals surface area contributed by atoms with Gasteiger partial charge in [-0.05, 0) is 23.8 Å². The van der Waals surface area contributed by atoms with Crippen LogP contribution in [0.4, 0.5) is 5.69 Å². The molecule has 0 aliphatic carbocycles. The van der Waals surface area contributed by atoms with E-state index in [1.54, 1.807) is 48.5 Å². The van der Waals surface area contributed by atoms with Crippen LogP contribution in [0.3, 0.4) is 0 Å². The second kappa shape index (κ2) is 6.83. The zero-order valence-electron chi connectivity index (χ0n) is 11.3. The number of nitrogen functional groups attached to an aromatic ring is 1. The largest absolute Gasteiger partial charge is 0.490 e. The molecule has 0 amide bonds. The van der Waals surface area contributed by atoms with Gasteiger partial charge in [0.2, 0.25) is 0 Å². The van der Waals surface area contributed by atoms with Crippen molar-refractivity contribution in [3.8, 4) is 5.75 Å². The minimum absolute atomic E-state index is 0.0565. The Labute approximate surface area is 129 Å². The number of nitrogens with two attached hydrogens (primary N) is 1. The third-order valence-electron chi connectivity index (χ3n) is 2.90. The minimum Gasteiger partial charge on any atom is -0.490 e. The van der Waals surface area contributed by atoms with Crippen LogP contribution in [0.5, 0.6) is 5.75 Å². The van der Waals surface area contributed by atoms with E-state index >= 15 is 0 Å². The Bertz CT molecular complexity index is 716. The summed E-state index contributed by atoms with van der Waals surface area (Å²) in [7, 11) is -3.29. The fraction of sp³-hybridized carbons (Fsp3) is 0.200. The highest BCUT2D eigenvalue weighted by molar-refractivity contribution is 7.90. The lowest BCUT2D eigenvalue weighted by Gasteiger charge is -2.09. The average molecular weight is 326 g/mol. The molecule has 0 fully saturated rings. The summed E-state index contributed by atoms with van der Waals surface area (Å²) < 4.78 is 29.5. The molecule has 0 unspecified atom stereocenters. The SMILES string of the molecule is Nc1ccccc1OCCS(=O)(=O)Cc1ccccc1Cl. The number of sulfone groups is 1. The minimum atomic E-state index is -3.29. The Morgan fingerprint density at radius 1 is 1.05 bits per heavy atom. The average Bonchev–Trinajstić information content (AvgIpc) is 2.43. The van der Waals surface area contributed by atoms with Crippen LogP contribution < -0.4 is 10.5 Å². The van der Waals surface area contributed by atoms with Crippen molar-refractivity contribution in [3.63, 3.8) is 0 Å². The van der Waals surface area contributed by atoms with Crippen LogP contribution in [0.2, 0.25) is 5.02 Å². The molecule has 0 aliphatic rings. The van der Waals surface area contributed by atoms with Crippen molar-refractivity contribution in [2.24, 2.45) is 0 Å². The van der Waals surface area contributed by atoms with Gasteiger partial charge in [0.05, 0.1) is 17.2 Å². The monoisotopic (exact) mass is 325 g/mol. The van der Waals surface area contributed by atoms with Gasteiger partial charge < -0.3 is 10.5 Å². The van der Waals surface area contributed by atoms with Gasteiger partial charge in [0.25, 0.3) is 0 Å². The van der Waals surface area contributed by atoms with Crippen LogP contribution in [0.25, 0.3) is 0 Å². The Balaban J connectivity index is 1.93. The maximum Gasteiger partial charge on any atom is 0.157 e. The van der Waals surface area contributed by atoms with E-state index in [9.17, 15) is 8.42 Å². The molecular weight excluding hydrogens is 310 g/mol. The molecular formula is C15H16ClNO3S. The molecule has 0 aliphatic heterocycles. The molecule has 2 rings (SSSR count). The van der Waals surface area contributed by atoms with Gasteiger partial charge in [0.1, 0.15) is 12.4 Å². The van der Waals surface area contributed by atoms with Crippen LogP contribution in [-0.2, 0) is 15.6 Å². The van der Waals surface area contributed by atoms with Gasteiger partial charge in [-0.25, -0.2) is 8.42 Å². The van der Waals surface area contributed by atoms with E-state index in [0.717, 1.165) is 0 Å². The lowest BCUT2D eigenvalue weighted by Crippen LogP contribution is -2.16. The van der Waals surface area contributed by atoms with Crippen molar-refractivity contribution in [1.82, 2.24) is 0 Å². The van der Waals surface area contributed by atoms with Gasteiger partial charge in [-0.1, -0.05) is 41.9 Å². The van der Waals surface area contributed by atoms with Crippen molar-refractivity contribution >= 4 is 27.1 Å². The van der Waals surface area contributed by atoms with Crippen LogP contribution in [-0.4, -0.2) is 20.8 Å². The summed E-state index contributed by atoms with van der Waals surface area (Å²) in [5, 5.41) is 0.453. The number of benzene rings is 2. The molecule has 0 saturated heterocycles. The molecule has 0 radical (unpaired) electrons. The van der Waals surface area contributed by atoms with E-state index in [2.05, 4.69) is 0 Å². The third kappa shape index (κ3) is 4.65. The maximum atomic E-state index is 12.1. The van der Waals surface area contributed by atoms with E-state index in [1.807, 2.05) is 0 Å². The molecule has 2 aromatic carbocycles. The van der Waals surface area contributed by atoms with Crippen molar-refractivity contribution in [2.45, 2.75) is 5.75 Å². The number of anilines is 1. The van der Waals surface area contributed by atoms with Gasteiger partial charge in [-0.3, -0.25) is 0 Å². The van der Waals surface area contributed by atoms with E-state index in [0.29, 0.717) is 22.0 Å². The number of hydrogen-bond donors (Lipinski definition) is 1. The lowest BCUT2D eigenvalue weighted by molar-refractivity contribution is 0.342. The Kier molecular flexibility index (Phi) is 5.09. The Hall–Kier alpha value is -1.72. The van der Waals surface area contributed by atoms with Crippen molar-refractivity contribution in [1.29, 1.82) is 0 Å². The second-order valence-electron chi connectivity index (χ2n) is 4.57. The first-order chi connectivity index (χ1) is 9.98. The fourth-order valence-electron chi connectivity index (χ4n) is 1.82. The molecule has 0 saturated carbocycles. The van der Waals surface area contributed by atoms with Gasteiger partial charge in [-0.2, -0.15) is 0 Å². The summed E-state index contributed by atoms with van der Waals surface area (Å²) in [5.74, 6) is 0.304. The predicted octanol–water partition coefficient (Wildman–Crippen LogP) is 2.92. The smallest absolute Gasteiger partial charge is 0.157 e. The highest BCUT2D eigenvalue weighted by Crippen LogP contribution is 2.20. The lowest BCUT2D eigenvalue weighted by atomic mass is 10.2. The summed E-state index contributed by atoms with van der Waals surface area (Å²) >= 11 is 5.97. The summed E-state index contributed by atoms with van der Waals surface area (Å²) in [6, 6.07) is 13.9. The standard InChI is InChI=1S/C15H16ClNO3S/c16-13-6-2-1-5-12(13)11-21(18,19)10-9-20-15-8-4-3-7-14(15)17/h1-8H,9-11,17H2. The highest BCUT2D eigenvalue weighted by Gasteiger charge is 2.14. The molecule has 0 aromatic heterocycles. The molecule has 21 heavy (non-hydrogen) atoms. The summed E-state index contributed by atoms with van der Waals surface area (Å²) in [6.07, 6.45) is 0. The first-order valence-corrected chi connectivity index (χ1v) is 8.59. The first-order valence-electron chi connectivity index (χ1n) is 6.39. The molecule has 0 atom stereocenters. The number of para-hydroxylation sites is 2. The third-order valence-corrected chi connectivity index (χ3v) is 4.81. The fourth-order valence-corrected chi connectivity index (χ4v) is 3.30. The second-order valence-corrected chi connectivity index (χ2v) is 7.16. The Morgan fingerprint density at radius 2 is 1.71 bits per heavy atom. The van der Waals surface area contributed by atoms with Crippen LogP contribution >= 0.6 is 11.6 Å². The number of hydrogen-bond acceptors (Lipinski definition) is 4. The molecule has 6 heteroatoms. The molecule has 0 spiro atoms. The van der Waals surface area contributed by atoms with E-state index in [4.69, 9.17) is 22.1 Å². The summed E-state index contributed by atoms with van der Waals surface area (Å²) in [4.78, 5) is 0. The molecule has 2 N–H and O–H groups in total. The van der Waals surface area contributed by atoms with E-state index in [1.165, 1.54) is 0 Å². The Morgan fingerprint density at radius 3 is 2.43 bits per heavy atom. The van der Waals surface area contributed by atoms with Gasteiger partial charge in [-0.15, -0.1) is 0 Å². The topological polar surface area (TPSA) is 69.4 Å². The number of rotatable bonds is 6. The molecule has 2 aromatic rings. The van der Waals surface area contributed by atoms with E-state index in [-0.39, 0.29) is 18.1 Å². The molecule has 0 heterocycles. The maximum absolute atomic E-state index is 12.1. The van der Waals surface area contributed by atoms with Crippen LogP contribution in [0.15, 0.2) is 48.5 Å². The van der Waals surface area contributed by atoms with E-state index < -0.39 is 9.84 Å². The zero-order chi connectivity index (χ0) is 15.3. The molecule has 4 nitrogen and oxygen atoms in total. The van der Waals surface area contributed by atoms with Gasteiger partial charge in [0, 0.05) is 5.02 Å². The van der Waals surface area contributed by atoms with Crippen LogP contribution in [0.1, 0.15) is 5.56 Å².